The van der Waals surface area contributed by atoms with E-state index >= 15 is 0 Å². The van der Waals surface area contributed by atoms with Crippen molar-refractivity contribution in [1.82, 2.24) is 9.13 Å². The first kappa shape index (κ1) is 14.9. The van der Waals surface area contributed by atoms with E-state index in [1.165, 1.54) is 12.3 Å². The minimum absolute atomic E-state index is 0.257. The zero-order valence-electron chi connectivity index (χ0n) is 11.0. The second-order valence-electron chi connectivity index (χ2n) is 4.72. The summed E-state index contributed by atoms with van der Waals surface area (Å²) < 4.78 is 7.37. The van der Waals surface area contributed by atoms with E-state index in [1.807, 2.05) is 6.92 Å². The number of ether oxygens (including phenoxy) is 1. The molecule has 1 saturated heterocycles. The van der Waals surface area contributed by atoms with E-state index in [9.17, 15) is 19.8 Å². The third-order valence-corrected chi connectivity index (χ3v) is 3.33. The van der Waals surface area contributed by atoms with Crippen LogP contribution in [0.15, 0.2) is 21.9 Å². The molecule has 8 nitrogen and oxygen atoms in total. The minimum Gasteiger partial charge on any atom is -0.394 e. The Kier molecular flexibility index (Phi) is 4.39. The van der Waals surface area contributed by atoms with Crippen molar-refractivity contribution in [1.29, 1.82) is 0 Å². The van der Waals surface area contributed by atoms with Crippen molar-refractivity contribution in [2.75, 3.05) is 6.61 Å². The molecule has 0 aliphatic carbocycles. The van der Waals surface area contributed by atoms with E-state index in [4.69, 9.17) is 9.84 Å². The molecule has 0 spiro atoms. The van der Waals surface area contributed by atoms with E-state index in [1.54, 1.807) is 0 Å². The Hall–Kier alpha value is -1.48. The van der Waals surface area contributed by atoms with Crippen LogP contribution in [0.25, 0.3) is 0 Å². The highest BCUT2D eigenvalue weighted by Crippen LogP contribution is 2.27. The van der Waals surface area contributed by atoms with Crippen LogP contribution < -0.4 is 11.2 Å². The first-order valence-electron chi connectivity index (χ1n) is 6.45. The highest BCUT2D eigenvalue weighted by atomic mass is 16.6. The quantitative estimate of drug-likeness (QED) is 0.592. The van der Waals surface area contributed by atoms with Crippen LogP contribution in [0.4, 0.5) is 0 Å². The predicted octanol–water partition coefficient (Wildman–Crippen LogP) is -1.97. The van der Waals surface area contributed by atoms with Gasteiger partial charge < -0.3 is 20.1 Å². The van der Waals surface area contributed by atoms with Crippen LogP contribution >= 0.6 is 0 Å². The fraction of sp³-hybridized carbons (Fsp3) is 0.667. The van der Waals surface area contributed by atoms with Gasteiger partial charge >= 0.3 is 5.69 Å². The summed E-state index contributed by atoms with van der Waals surface area (Å²) in [4.78, 5) is 23.8. The van der Waals surface area contributed by atoms with E-state index in [-0.39, 0.29) is 6.54 Å². The molecular formula is C12H18N2O6. The number of aliphatic hydroxyl groups is 3. The molecule has 1 aromatic rings. The van der Waals surface area contributed by atoms with Gasteiger partial charge in [-0.3, -0.25) is 13.9 Å². The van der Waals surface area contributed by atoms with Crippen molar-refractivity contribution >= 4 is 0 Å². The molecule has 1 fully saturated rings. The summed E-state index contributed by atoms with van der Waals surface area (Å²) in [6, 6.07) is 1.20. The number of rotatable bonds is 4. The van der Waals surface area contributed by atoms with Gasteiger partial charge in [0, 0.05) is 18.8 Å². The Balaban J connectivity index is 2.42. The van der Waals surface area contributed by atoms with Crippen LogP contribution in [0.1, 0.15) is 19.6 Å². The topological polar surface area (TPSA) is 114 Å². The molecule has 0 bridgehead atoms. The monoisotopic (exact) mass is 286 g/mol. The van der Waals surface area contributed by atoms with Crippen LogP contribution in [0.2, 0.25) is 0 Å². The molecule has 4 atom stereocenters. The molecule has 3 N–H and O–H groups in total. The number of hydrogen-bond acceptors (Lipinski definition) is 6. The van der Waals surface area contributed by atoms with Crippen molar-refractivity contribution in [2.45, 2.75) is 44.4 Å². The predicted molar refractivity (Wildman–Crippen MR) is 68.3 cm³/mol. The first-order valence-corrected chi connectivity index (χ1v) is 6.45. The molecule has 0 radical (unpaired) electrons. The molecule has 1 aromatic heterocycles. The SMILES string of the molecule is CCCn1c(=O)ccn([C@@H]2O[C@H](CO)[C@@H](O)[C@@H]2O)c1=O. The van der Waals surface area contributed by atoms with Crippen molar-refractivity contribution in [2.24, 2.45) is 0 Å². The summed E-state index contributed by atoms with van der Waals surface area (Å²) in [5.41, 5.74) is -1.05. The van der Waals surface area contributed by atoms with Crippen LogP contribution in [-0.4, -0.2) is 49.4 Å². The first-order chi connectivity index (χ1) is 9.51. The Morgan fingerprint density at radius 2 is 2.00 bits per heavy atom. The summed E-state index contributed by atoms with van der Waals surface area (Å²) in [5, 5.41) is 28.6. The van der Waals surface area contributed by atoms with Gasteiger partial charge in [-0.15, -0.1) is 0 Å². The number of hydrogen-bond donors (Lipinski definition) is 3. The zero-order valence-corrected chi connectivity index (χ0v) is 11.0. The third-order valence-electron chi connectivity index (χ3n) is 3.33. The van der Waals surface area contributed by atoms with Crippen LogP contribution in [0.5, 0.6) is 0 Å². The van der Waals surface area contributed by atoms with Crippen LogP contribution in [-0.2, 0) is 11.3 Å². The fourth-order valence-corrected chi connectivity index (χ4v) is 2.26. The molecule has 1 aliphatic heterocycles. The zero-order chi connectivity index (χ0) is 14.9. The lowest BCUT2D eigenvalue weighted by molar-refractivity contribution is -0.0556. The van der Waals surface area contributed by atoms with E-state index in [0.29, 0.717) is 6.42 Å². The Morgan fingerprint density at radius 1 is 1.30 bits per heavy atom. The van der Waals surface area contributed by atoms with E-state index < -0.39 is 42.4 Å². The Morgan fingerprint density at radius 3 is 2.55 bits per heavy atom. The smallest absolute Gasteiger partial charge is 0.333 e. The molecular weight excluding hydrogens is 268 g/mol. The average Bonchev–Trinajstić information content (AvgIpc) is 2.71. The number of nitrogens with zero attached hydrogens (tertiary/aromatic N) is 2. The number of aliphatic hydroxyl groups excluding tert-OH is 3. The van der Waals surface area contributed by atoms with Gasteiger partial charge in [-0.25, -0.2) is 4.79 Å². The fourth-order valence-electron chi connectivity index (χ4n) is 2.26. The van der Waals surface area contributed by atoms with Gasteiger partial charge in [0.2, 0.25) is 0 Å². The lowest BCUT2D eigenvalue weighted by atomic mass is 10.1. The minimum atomic E-state index is -1.35. The molecule has 0 aromatic carbocycles. The van der Waals surface area contributed by atoms with Crippen molar-refractivity contribution in [3.8, 4) is 0 Å². The lowest BCUT2D eigenvalue weighted by Crippen LogP contribution is -2.43. The molecule has 0 saturated carbocycles. The van der Waals surface area contributed by atoms with Gasteiger partial charge in [0.25, 0.3) is 5.56 Å². The van der Waals surface area contributed by atoms with Gasteiger partial charge in [0.1, 0.15) is 18.3 Å². The van der Waals surface area contributed by atoms with E-state index in [2.05, 4.69) is 0 Å². The van der Waals surface area contributed by atoms with Gasteiger partial charge in [0.15, 0.2) is 6.23 Å². The highest BCUT2D eigenvalue weighted by Gasteiger charge is 2.43. The average molecular weight is 286 g/mol. The van der Waals surface area contributed by atoms with Crippen molar-refractivity contribution in [3.63, 3.8) is 0 Å². The maximum atomic E-state index is 12.2. The van der Waals surface area contributed by atoms with Crippen LogP contribution in [0, 0.1) is 0 Å². The normalized spacial score (nSPS) is 29.8. The summed E-state index contributed by atoms with van der Waals surface area (Å²) in [5.74, 6) is 0. The standard InChI is InChI=1S/C12H18N2O6/c1-2-4-13-8(16)3-5-14(12(13)19)11-10(18)9(17)7(6-15)20-11/h3,5,7,9-11,15,17-18H,2,4,6H2,1H3/t7-,9-,10+,11-/m1/s1. The van der Waals surface area contributed by atoms with E-state index in [0.717, 1.165) is 9.13 Å². The second-order valence-corrected chi connectivity index (χ2v) is 4.72. The van der Waals surface area contributed by atoms with Gasteiger partial charge in [-0.1, -0.05) is 6.92 Å². The number of aromatic nitrogens is 2. The summed E-state index contributed by atoms with van der Waals surface area (Å²) in [6.45, 7) is 1.61. The van der Waals surface area contributed by atoms with Gasteiger partial charge in [0.05, 0.1) is 6.61 Å². The summed E-state index contributed by atoms with van der Waals surface area (Å²) in [6.07, 6.45) is -2.90. The van der Waals surface area contributed by atoms with Gasteiger partial charge in [-0.2, -0.15) is 0 Å². The molecule has 2 heterocycles. The second kappa shape index (κ2) is 5.88. The maximum Gasteiger partial charge on any atom is 0.333 e. The Bertz CT molecular complexity index is 580. The lowest BCUT2D eigenvalue weighted by Gasteiger charge is -2.18. The molecule has 20 heavy (non-hydrogen) atoms. The molecule has 112 valence electrons. The van der Waals surface area contributed by atoms with Crippen molar-refractivity contribution in [3.05, 3.63) is 33.1 Å². The molecule has 1 aliphatic rings. The molecule has 2 rings (SSSR count). The van der Waals surface area contributed by atoms with Crippen LogP contribution in [0.3, 0.4) is 0 Å². The highest BCUT2D eigenvalue weighted by molar-refractivity contribution is 4.94. The summed E-state index contributed by atoms with van der Waals surface area (Å²) in [7, 11) is 0. The van der Waals surface area contributed by atoms with Gasteiger partial charge in [-0.05, 0) is 6.42 Å². The molecule has 8 heteroatoms. The summed E-state index contributed by atoms with van der Waals surface area (Å²) >= 11 is 0. The van der Waals surface area contributed by atoms with Crippen molar-refractivity contribution < 1.29 is 20.1 Å². The Labute approximate surface area is 114 Å². The molecule has 0 amide bonds. The molecule has 0 unspecified atom stereocenters. The maximum absolute atomic E-state index is 12.2. The third kappa shape index (κ3) is 2.42. The largest absolute Gasteiger partial charge is 0.394 e.